The van der Waals surface area contributed by atoms with Crippen LogP contribution in [0.25, 0.3) is 0 Å². The largest absolute Gasteiger partial charge is 0.288 e. The monoisotopic (exact) mass is 158 g/mol. The second kappa shape index (κ2) is 3.09. The molecule has 0 atom stereocenters. The van der Waals surface area contributed by atoms with Crippen LogP contribution in [0.1, 0.15) is 18.5 Å². The lowest BCUT2D eigenvalue weighted by molar-refractivity contribution is 0.951. The lowest BCUT2D eigenvalue weighted by atomic mass is 9.92. The molecule has 0 N–H and O–H groups in total. The molecule has 0 saturated carbocycles. The van der Waals surface area contributed by atoms with E-state index in [0.29, 0.717) is 0 Å². The molecule has 0 radical (unpaired) electrons. The maximum absolute atomic E-state index is 4.42. The highest BCUT2D eigenvalue weighted by Crippen LogP contribution is 2.08. The predicted octanol–water partition coefficient (Wildman–Crippen LogP) is -0.0771. The van der Waals surface area contributed by atoms with Gasteiger partial charge >= 0.3 is 0 Å². The molecule has 0 saturated heterocycles. The summed E-state index contributed by atoms with van der Waals surface area (Å²) in [5.74, 6) is 0. The lowest BCUT2D eigenvalue weighted by Crippen LogP contribution is -2.16. The lowest BCUT2D eigenvalue weighted by Gasteiger charge is -2.02. The Morgan fingerprint density at radius 1 is 1.42 bits per heavy atom. The van der Waals surface area contributed by atoms with Crippen LogP contribution >= 0.6 is 0 Å². The molecule has 0 bridgehead atoms. The summed E-state index contributed by atoms with van der Waals surface area (Å²) in [5, 5.41) is 0. The Bertz CT molecular complexity index is 320. The summed E-state index contributed by atoms with van der Waals surface area (Å²) < 4.78 is 0. The van der Waals surface area contributed by atoms with E-state index in [9.17, 15) is 0 Å². The number of nitrogens with zero attached hydrogens (tertiary/aromatic N) is 2. The van der Waals surface area contributed by atoms with Crippen molar-refractivity contribution in [1.29, 1.82) is 0 Å². The summed E-state index contributed by atoms with van der Waals surface area (Å²) >= 11 is 0. The molecule has 0 unspecified atom stereocenters. The van der Waals surface area contributed by atoms with Crippen LogP contribution < -0.4 is 5.46 Å². The Morgan fingerprint density at radius 3 is 3.00 bits per heavy atom. The van der Waals surface area contributed by atoms with Crippen molar-refractivity contribution in [2.24, 2.45) is 4.99 Å². The molecular formula is C9H11BN2. The maximum atomic E-state index is 4.42. The molecule has 12 heavy (non-hydrogen) atoms. The van der Waals surface area contributed by atoms with E-state index in [1.165, 1.54) is 17.6 Å². The molecule has 0 aromatic carbocycles. The molecule has 1 aromatic rings. The Labute approximate surface area is 73.2 Å². The fourth-order valence-electron chi connectivity index (χ4n) is 1.52. The number of hydrogen-bond acceptors (Lipinski definition) is 2. The third-order valence-corrected chi connectivity index (χ3v) is 2.16. The molecule has 0 spiro atoms. The SMILES string of the molecule is Bc1cccnc1C1=NCCC1. The van der Waals surface area contributed by atoms with Gasteiger partial charge in [0.2, 0.25) is 0 Å². The smallest absolute Gasteiger partial charge is 0.142 e. The zero-order chi connectivity index (χ0) is 8.39. The highest BCUT2D eigenvalue weighted by Gasteiger charge is 2.11. The van der Waals surface area contributed by atoms with Crippen LogP contribution in [0.3, 0.4) is 0 Å². The van der Waals surface area contributed by atoms with Gasteiger partial charge in [0.15, 0.2) is 0 Å². The topological polar surface area (TPSA) is 25.2 Å². The van der Waals surface area contributed by atoms with Gasteiger partial charge in [-0.05, 0) is 18.9 Å². The first kappa shape index (κ1) is 7.53. The molecule has 3 heteroatoms. The minimum atomic E-state index is 0.978. The fraction of sp³-hybridized carbons (Fsp3) is 0.333. The highest BCUT2D eigenvalue weighted by molar-refractivity contribution is 6.36. The molecule has 0 aliphatic carbocycles. The second-order valence-electron chi connectivity index (χ2n) is 3.10. The zero-order valence-corrected chi connectivity index (χ0v) is 7.25. The molecule has 2 heterocycles. The van der Waals surface area contributed by atoms with E-state index in [-0.39, 0.29) is 0 Å². The molecule has 0 amide bonds. The molecular weight excluding hydrogens is 147 g/mol. The van der Waals surface area contributed by atoms with Gasteiger partial charge in [0.25, 0.3) is 0 Å². The minimum Gasteiger partial charge on any atom is -0.288 e. The van der Waals surface area contributed by atoms with Crippen molar-refractivity contribution >= 4 is 19.0 Å². The van der Waals surface area contributed by atoms with Gasteiger partial charge in [-0.2, -0.15) is 0 Å². The van der Waals surface area contributed by atoms with Gasteiger partial charge in [0.1, 0.15) is 7.85 Å². The molecule has 1 aliphatic rings. The van der Waals surface area contributed by atoms with Crippen molar-refractivity contribution in [2.45, 2.75) is 12.8 Å². The van der Waals surface area contributed by atoms with E-state index < -0.39 is 0 Å². The summed E-state index contributed by atoms with van der Waals surface area (Å²) in [5.41, 5.74) is 3.52. The number of hydrogen-bond donors (Lipinski definition) is 0. The van der Waals surface area contributed by atoms with Crippen molar-refractivity contribution in [1.82, 2.24) is 4.98 Å². The Hall–Kier alpha value is -1.12. The standard InChI is InChI=1S/C9H11BN2/c10-7-3-1-6-12-9(7)8-4-2-5-11-8/h1,3,6H,2,4-5,10H2. The Kier molecular flexibility index (Phi) is 1.94. The van der Waals surface area contributed by atoms with Gasteiger partial charge in [-0.15, -0.1) is 0 Å². The van der Waals surface area contributed by atoms with Gasteiger partial charge < -0.3 is 0 Å². The number of aliphatic imine (C=N–C) groups is 1. The van der Waals surface area contributed by atoms with Crippen LogP contribution in [0.15, 0.2) is 23.3 Å². The zero-order valence-electron chi connectivity index (χ0n) is 7.25. The van der Waals surface area contributed by atoms with Crippen molar-refractivity contribution in [2.75, 3.05) is 6.54 Å². The van der Waals surface area contributed by atoms with E-state index in [1.54, 1.807) is 0 Å². The van der Waals surface area contributed by atoms with Crippen LogP contribution in [-0.4, -0.2) is 25.1 Å². The van der Waals surface area contributed by atoms with Crippen molar-refractivity contribution in [3.8, 4) is 0 Å². The van der Waals surface area contributed by atoms with Gasteiger partial charge in [-0.1, -0.05) is 11.5 Å². The summed E-state index contributed by atoms with van der Waals surface area (Å²) in [6, 6.07) is 4.05. The third kappa shape index (κ3) is 1.27. The van der Waals surface area contributed by atoms with Crippen LogP contribution in [0.5, 0.6) is 0 Å². The summed E-state index contributed by atoms with van der Waals surface area (Å²) in [6.07, 6.45) is 4.12. The molecule has 1 aromatic heterocycles. The van der Waals surface area contributed by atoms with E-state index in [0.717, 1.165) is 18.7 Å². The number of pyridine rings is 1. The molecule has 2 nitrogen and oxygen atoms in total. The maximum Gasteiger partial charge on any atom is 0.142 e. The number of rotatable bonds is 1. The van der Waals surface area contributed by atoms with E-state index in [2.05, 4.69) is 23.9 Å². The second-order valence-corrected chi connectivity index (χ2v) is 3.10. The Balaban J connectivity index is 2.39. The predicted molar refractivity (Wildman–Crippen MR) is 53.1 cm³/mol. The summed E-state index contributed by atoms with van der Waals surface area (Å²) in [6.45, 7) is 0.978. The average Bonchev–Trinajstić information content (AvgIpc) is 2.57. The first-order valence-corrected chi connectivity index (χ1v) is 4.33. The van der Waals surface area contributed by atoms with Crippen LogP contribution in [-0.2, 0) is 0 Å². The van der Waals surface area contributed by atoms with E-state index >= 15 is 0 Å². The molecule has 60 valence electrons. The highest BCUT2D eigenvalue weighted by atomic mass is 14.8. The number of aromatic nitrogens is 1. The third-order valence-electron chi connectivity index (χ3n) is 2.16. The molecule has 0 fully saturated rings. The fourth-order valence-corrected chi connectivity index (χ4v) is 1.52. The summed E-state index contributed by atoms with van der Waals surface area (Å²) in [7, 11) is 2.09. The van der Waals surface area contributed by atoms with Crippen molar-refractivity contribution in [3.05, 3.63) is 24.0 Å². The van der Waals surface area contributed by atoms with Crippen LogP contribution in [0, 0.1) is 0 Å². The van der Waals surface area contributed by atoms with E-state index in [4.69, 9.17) is 0 Å². The normalized spacial score (nSPS) is 16.2. The van der Waals surface area contributed by atoms with Gasteiger partial charge in [0.05, 0.1) is 11.4 Å². The molecule has 2 rings (SSSR count). The Morgan fingerprint density at radius 2 is 2.33 bits per heavy atom. The average molecular weight is 158 g/mol. The summed E-state index contributed by atoms with van der Waals surface area (Å²) in [4.78, 5) is 8.75. The molecule has 1 aliphatic heterocycles. The first-order chi connectivity index (χ1) is 5.88. The van der Waals surface area contributed by atoms with Crippen molar-refractivity contribution in [3.63, 3.8) is 0 Å². The first-order valence-electron chi connectivity index (χ1n) is 4.33. The van der Waals surface area contributed by atoms with Crippen LogP contribution in [0.4, 0.5) is 0 Å². The quantitative estimate of drug-likeness (QED) is 0.525. The van der Waals surface area contributed by atoms with Crippen LogP contribution in [0.2, 0.25) is 0 Å². The van der Waals surface area contributed by atoms with E-state index in [1.807, 2.05) is 12.3 Å². The van der Waals surface area contributed by atoms with Gasteiger partial charge in [-0.3, -0.25) is 9.98 Å². The minimum absolute atomic E-state index is 0.978. The van der Waals surface area contributed by atoms with Gasteiger partial charge in [0, 0.05) is 12.7 Å². The van der Waals surface area contributed by atoms with Gasteiger partial charge in [-0.25, -0.2) is 0 Å². The van der Waals surface area contributed by atoms with Crippen molar-refractivity contribution < 1.29 is 0 Å².